The number of imidazole rings is 1. The van der Waals surface area contributed by atoms with E-state index in [9.17, 15) is 5.11 Å². The number of nitrogens with one attached hydrogen (secondary N) is 1. The van der Waals surface area contributed by atoms with Crippen LogP contribution in [-0.2, 0) is 12.1 Å². The number of nitrogens with zero attached hydrogens (tertiary/aromatic N) is 2. The number of aryl methyl sites for hydroxylation is 1. The van der Waals surface area contributed by atoms with Crippen molar-refractivity contribution in [1.82, 2.24) is 14.9 Å². The maximum Gasteiger partial charge on any atom is 0.140 e. The number of aliphatic hydroxyl groups is 1. The van der Waals surface area contributed by atoms with Crippen molar-refractivity contribution in [2.75, 3.05) is 6.54 Å². The minimum atomic E-state index is -0.718. The molecule has 1 aromatic rings. The second-order valence-corrected chi connectivity index (χ2v) is 5.30. The van der Waals surface area contributed by atoms with E-state index in [1.54, 1.807) is 6.20 Å². The van der Waals surface area contributed by atoms with Crippen LogP contribution in [0.25, 0.3) is 0 Å². The van der Waals surface area contributed by atoms with E-state index in [1.165, 1.54) is 6.42 Å². The summed E-state index contributed by atoms with van der Waals surface area (Å²) in [5, 5.41) is 14.3. The molecule has 1 aliphatic carbocycles. The standard InChI is InChI=1S/C14H25N3O/c1-3-9-15-12-5-7-14(18,8-6-12)13-16-10-11-17(13)4-2/h10-12,15,18H,3-9H2,1-2H3. The van der Waals surface area contributed by atoms with E-state index in [0.29, 0.717) is 6.04 Å². The summed E-state index contributed by atoms with van der Waals surface area (Å²) >= 11 is 0. The van der Waals surface area contributed by atoms with Crippen LogP contribution in [0.1, 0.15) is 51.8 Å². The summed E-state index contributed by atoms with van der Waals surface area (Å²) in [4.78, 5) is 4.36. The van der Waals surface area contributed by atoms with E-state index in [4.69, 9.17) is 0 Å². The molecule has 0 radical (unpaired) electrons. The monoisotopic (exact) mass is 251 g/mol. The van der Waals surface area contributed by atoms with Crippen LogP contribution < -0.4 is 5.32 Å². The van der Waals surface area contributed by atoms with Crippen molar-refractivity contribution in [3.63, 3.8) is 0 Å². The van der Waals surface area contributed by atoms with Gasteiger partial charge in [0, 0.05) is 25.0 Å². The van der Waals surface area contributed by atoms with Crippen molar-refractivity contribution >= 4 is 0 Å². The summed E-state index contributed by atoms with van der Waals surface area (Å²) in [6.07, 6.45) is 8.60. The molecule has 0 spiro atoms. The van der Waals surface area contributed by atoms with Gasteiger partial charge in [0.05, 0.1) is 0 Å². The summed E-state index contributed by atoms with van der Waals surface area (Å²) in [6.45, 7) is 6.22. The molecule has 4 nitrogen and oxygen atoms in total. The van der Waals surface area contributed by atoms with Gasteiger partial charge >= 0.3 is 0 Å². The highest BCUT2D eigenvalue weighted by atomic mass is 16.3. The summed E-state index contributed by atoms with van der Waals surface area (Å²) in [5.74, 6) is 0.846. The zero-order valence-electron chi connectivity index (χ0n) is 11.5. The summed E-state index contributed by atoms with van der Waals surface area (Å²) in [5.41, 5.74) is -0.718. The largest absolute Gasteiger partial charge is 0.382 e. The highest BCUT2D eigenvalue weighted by Crippen LogP contribution is 2.36. The van der Waals surface area contributed by atoms with Crippen LogP contribution in [0.3, 0.4) is 0 Å². The Morgan fingerprint density at radius 3 is 2.78 bits per heavy atom. The third-order valence-corrected chi connectivity index (χ3v) is 3.97. The topological polar surface area (TPSA) is 50.1 Å². The van der Waals surface area contributed by atoms with Crippen LogP contribution in [0.2, 0.25) is 0 Å². The van der Waals surface area contributed by atoms with Crippen molar-refractivity contribution in [2.24, 2.45) is 0 Å². The molecule has 1 fully saturated rings. The Hall–Kier alpha value is -0.870. The molecule has 0 unspecified atom stereocenters. The van der Waals surface area contributed by atoms with Crippen LogP contribution in [0, 0.1) is 0 Å². The van der Waals surface area contributed by atoms with Crippen LogP contribution in [-0.4, -0.2) is 27.2 Å². The van der Waals surface area contributed by atoms with Gasteiger partial charge in [-0.1, -0.05) is 6.92 Å². The molecular weight excluding hydrogens is 226 g/mol. The first-order valence-corrected chi connectivity index (χ1v) is 7.17. The Morgan fingerprint density at radius 1 is 1.44 bits per heavy atom. The molecule has 0 aromatic carbocycles. The molecule has 0 atom stereocenters. The maximum atomic E-state index is 10.8. The fourth-order valence-corrected chi connectivity index (χ4v) is 2.84. The first kappa shape index (κ1) is 13.6. The lowest BCUT2D eigenvalue weighted by Crippen LogP contribution is -2.41. The van der Waals surface area contributed by atoms with E-state index >= 15 is 0 Å². The molecule has 1 aliphatic rings. The van der Waals surface area contributed by atoms with Gasteiger partial charge in [0.25, 0.3) is 0 Å². The Labute approximate surface area is 109 Å². The maximum absolute atomic E-state index is 10.8. The van der Waals surface area contributed by atoms with E-state index in [2.05, 4.69) is 28.7 Å². The number of hydrogen-bond donors (Lipinski definition) is 2. The van der Waals surface area contributed by atoms with Crippen LogP contribution in [0.4, 0.5) is 0 Å². The van der Waals surface area contributed by atoms with Gasteiger partial charge in [-0.25, -0.2) is 4.98 Å². The SMILES string of the molecule is CCCNC1CCC(O)(c2nccn2CC)CC1. The highest BCUT2D eigenvalue weighted by Gasteiger charge is 2.37. The molecule has 18 heavy (non-hydrogen) atoms. The molecule has 2 N–H and O–H groups in total. The van der Waals surface area contributed by atoms with Crippen molar-refractivity contribution in [3.05, 3.63) is 18.2 Å². The molecular formula is C14H25N3O. The predicted octanol–water partition coefficient (Wildman–Crippen LogP) is 2.03. The fourth-order valence-electron chi connectivity index (χ4n) is 2.84. The smallest absolute Gasteiger partial charge is 0.140 e. The van der Waals surface area contributed by atoms with Crippen LogP contribution in [0.5, 0.6) is 0 Å². The van der Waals surface area contributed by atoms with Gasteiger partial charge < -0.3 is 15.0 Å². The number of rotatable bonds is 5. The minimum Gasteiger partial charge on any atom is -0.382 e. The normalized spacial score (nSPS) is 28.5. The lowest BCUT2D eigenvalue weighted by molar-refractivity contribution is -0.0190. The average molecular weight is 251 g/mol. The van der Waals surface area contributed by atoms with Gasteiger partial charge in [-0.05, 0) is 45.6 Å². The van der Waals surface area contributed by atoms with Gasteiger partial charge in [-0.15, -0.1) is 0 Å². The second-order valence-electron chi connectivity index (χ2n) is 5.30. The second kappa shape index (κ2) is 5.85. The zero-order chi connectivity index (χ0) is 13.0. The zero-order valence-corrected chi connectivity index (χ0v) is 11.5. The summed E-state index contributed by atoms with van der Waals surface area (Å²) in [6, 6.07) is 0.565. The molecule has 0 amide bonds. The Balaban J connectivity index is 1.98. The first-order chi connectivity index (χ1) is 8.69. The molecule has 0 saturated heterocycles. The van der Waals surface area contributed by atoms with Gasteiger partial charge in [-0.2, -0.15) is 0 Å². The van der Waals surface area contributed by atoms with Gasteiger partial charge in [0.1, 0.15) is 11.4 Å². The van der Waals surface area contributed by atoms with Crippen molar-refractivity contribution in [3.8, 4) is 0 Å². The molecule has 1 aromatic heterocycles. The molecule has 4 heteroatoms. The Bertz CT molecular complexity index is 367. The number of aromatic nitrogens is 2. The molecule has 1 heterocycles. The molecule has 1 saturated carbocycles. The van der Waals surface area contributed by atoms with E-state index in [0.717, 1.165) is 44.6 Å². The molecule has 0 aliphatic heterocycles. The van der Waals surface area contributed by atoms with Crippen molar-refractivity contribution in [2.45, 2.75) is 64.1 Å². The van der Waals surface area contributed by atoms with Gasteiger partial charge in [0.2, 0.25) is 0 Å². The summed E-state index contributed by atoms with van der Waals surface area (Å²) < 4.78 is 2.06. The third-order valence-electron chi connectivity index (χ3n) is 3.97. The number of hydrogen-bond acceptors (Lipinski definition) is 3. The fraction of sp³-hybridized carbons (Fsp3) is 0.786. The lowest BCUT2D eigenvalue weighted by atomic mass is 9.81. The van der Waals surface area contributed by atoms with E-state index in [-0.39, 0.29) is 0 Å². The van der Waals surface area contributed by atoms with Crippen molar-refractivity contribution in [1.29, 1.82) is 0 Å². The molecule has 2 rings (SSSR count). The highest BCUT2D eigenvalue weighted by molar-refractivity contribution is 5.07. The van der Waals surface area contributed by atoms with Crippen LogP contribution >= 0.6 is 0 Å². The first-order valence-electron chi connectivity index (χ1n) is 7.17. The minimum absolute atomic E-state index is 0.565. The Morgan fingerprint density at radius 2 is 2.17 bits per heavy atom. The average Bonchev–Trinajstić information content (AvgIpc) is 2.87. The molecule has 0 bridgehead atoms. The van der Waals surface area contributed by atoms with E-state index in [1.807, 2.05) is 6.20 Å². The molecule has 102 valence electrons. The van der Waals surface area contributed by atoms with Crippen LogP contribution in [0.15, 0.2) is 12.4 Å². The van der Waals surface area contributed by atoms with Gasteiger partial charge in [-0.3, -0.25) is 0 Å². The van der Waals surface area contributed by atoms with Crippen molar-refractivity contribution < 1.29 is 5.11 Å². The Kier molecular flexibility index (Phi) is 4.40. The lowest BCUT2D eigenvalue weighted by Gasteiger charge is -2.36. The predicted molar refractivity (Wildman–Crippen MR) is 72.3 cm³/mol. The van der Waals surface area contributed by atoms with Gasteiger partial charge in [0.15, 0.2) is 0 Å². The summed E-state index contributed by atoms with van der Waals surface area (Å²) in [7, 11) is 0. The van der Waals surface area contributed by atoms with E-state index < -0.39 is 5.60 Å². The third kappa shape index (κ3) is 2.75. The quantitative estimate of drug-likeness (QED) is 0.842.